The van der Waals surface area contributed by atoms with Crippen LogP contribution >= 0.6 is 0 Å². The number of hydrogen-bond donors (Lipinski definition) is 2. The minimum absolute atomic E-state index is 0.0281. The van der Waals surface area contributed by atoms with Crippen molar-refractivity contribution in [1.29, 1.82) is 0 Å². The van der Waals surface area contributed by atoms with Gasteiger partial charge in [0.25, 0.3) is 0 Å². The maximum Gasteiger partial charge on any atom is 0.222 e. The van der Waals surface area contributed by atoms with Crippen LogP contribution < -0.4 is 10.6 Å². The predicted molar refractivity (Wildman–Crippen MR) is 56.2 cm³/mol. The lowest BCUT2D eigenvalue weighted by molar-refractivity contribution is -0.164. The lowest BCUT2D eigenvalue weighted by Crippen LogP contribution is -2.59. The molecule has 2 atom stereocenters. The summed E-state index contributed by atoms with van der Waals surface area (Å²) in [5.74, 6) is 0.0376. The summed E-state index contributed by atoms with van der Waals surface area (Å²) < 4.78 is 10.9. The van der Waals surface area contributed by atoms with Crippen molar-refractivity contribution >= 4 is 5.91 Å². The average molecular weight is 216 g/mol. The minimum atomic E-state index is -0.339. The maximum absolute atomic E-state index is 11.3. The Bertz CT molecular complexity index is 205. The van der Waals surface area contributed by atoms with E-state index in [1.807, 2.05) is 20.8 Å². The van der Waals surface area contributed by atoms with E-state index in [0.29, 0.717) is 19.6 Å². The Kier molecular flexibility index (Phi) is 5.01. The summed E-state index contributed by atoms with van der Waals surface area (Å²) in [6, 6.07) is -0.0614. The molecule has 2 N–H and O–H groups in total. The largest absolute Gasteiger partial charge is 0.351 e. The highest BCUT2D eigenvalue weighted by Gasteiger charge is 2.30. The standard InChI is InChI=1S/C10H20N2O3/c1-4-14-10(15-5-2)8-6-9(13)12-7(3)11-8/h7-8,10-11H,4-6H2,1-3H3,(H,12,13). The van der Waals surface area contributed by atoms with Crippen molar-refractivity contribution in [3.63, 3.8) is 0 Å². The van der Waals surface area contributed by atoms with Gasteiger partial charge in [0, 0.05) is 19.6 Å². The summed E-state index contributed by atoms with van der Waals surface area (Å²) in [4.78, 5) is 11.3. The molecule has 5 nitrogen and oxygen atoms in total. The second-order valence-corrected chi connectivity index (χ2v) is 3.55. The summed E-state index contributed by atoms with van der Waals surface area (Å²) in [6.45, 7) is 6.90. The van der Waals surface area contributed by atoms with E-state index in [0.717, 1.165) is 0 Å². The van der Waals surface area contributed by atoms with Crippen LogP contribution in [0.25, 0.3) is 0 Å². The molecule has 1 aliphatic heterocycles. The van der Waals surface area contributed by atoms with Crippen LogP contribution in [0.4, 0.5) is 0 Å². The van der Waals surface area contributed by atoms with E-state index < -0.39 is 0 Å². The van der Waals surface area contributed by atoms with Gasteiger partial charge in [-0.1, -0.05) is 0 Å². The molecule has 0 spiro atoms. The van der Waals surface area contributed by atoms with Crippen molar-refractivity contribution < 1.29 is 14.3 Å². The van der Waals surface area contributed by atoms with Gasteiger partial charge in [-0.2, -0.15) is 0 Å². The summed E-state index contributed by atoms with van der Waals surface area (Å²) in [6.07, 6.45) is 0.0304. The van der Waals surface area contributed by atoms with Crippen LogP contribution in [0.3, 0.4) is 0 Å². The molecule has 0 aromatic heterocycles. The van der Waals surface area contributed by atoms with Crippen LogP contribution in [0.5, 0.6) is 0 Å². The van der Waals surface area contributed by atoms with Gasteiger partial charge < -0.3 is 14.8 Å². The van der Waals surface area contributed by atoms with Crippen LogP contribution in [-0.4, -0.2) is 37.6 Å². The molecule has 0 bridgehead atoms. The summed E-state index contributed by atoms with van der Waals surface area (Å²) in [5.41, 5.74) is 0. The molecular weight excluding hydrogens is 196 g/mol. The van der Waals surface area contributed by atoms with E-state index in [4.69, 9.17) is 9.47 Å². The molecule has 1 fully saturated rings. The maximum atomic E-state index is 11.3. The molecule has 0 aromatic rings. The van der Waals surface area contributed by atoms with Crippen LogP contribution in [0.15, 0.2) is 0 Å². The van der Waals surface area contributed by atoms with Gasteiger partial charge in [0.15, 0.2) is 6.29 Å². The Labute approximate surface area is 90.5 Å². The van der Waals surface area contributed by atoms with Gasteiger partial charge in [-0.05, 0) is 20.8 Å². The van der Waals surface area contributed by atoms with E-state index in [-0.39, 0.29) is 24.4 Å². The number of nitrogens with one attached hydrogen (secondary N) is 2. The Morgan fingerprint density at radius 2 is 2.00 bits per heavy atom. The molecule has 0 aliphatic carbocycles. The first kappa shape index (κ1) is 12.4. The summed E-state index contributed by atoms with van der Waals surface area (Å²) in [7, 11) is 0. The van der Waals surface area contributed by atoms with Crippen LogP contribution in [0, 0.1) is 0 Å². The van der Waals surface area contributed by atoms with E-state index >= 15 is 0 Å². The zero-order valence-electron chi connectivity index (χ0n) is 9.58. The molecule has 0 saturated carbocycles. The first-order valence-corrected chi connectivity index (χ1v) is 5.46. The Morgan fingerprint density at radius 3 is 2.47 bits per heavy atom. The molecule has 1 aliphatic rings. The minimum Gasteiger partial charge on any atom is -0.351 e. The zero-order valence-corrected chi connectivity index (χ0v) is 9.58. The predicted octanol–water partition coefficient (Wildman–Crippen LogP) is 0.210. The first-order chi connectivity index (χ1) is 7.17. The van der Waals surface area contributed by atoms with Crippen molar-refractivity contribution in [2.75, 3.05) is 13.2 Å². The molecule has 15 heavy (non-hydrogen) atoms. The number of hydrogen-bond acceptors (Lipinski definition) is 4. The van der Waals surface area contributed by atoms with Gasteiger partial charge in [-0.25, -0.2) is 0 Å². The third-order valence-corrected chi connectivity index (χ3v) is 2.24. The Balaban J connectivity index is 2.53. The molecule has 0 aromatic carbocycles. The summed E-state index contributed by atoms with van der Waals surface area (Å²) >= 11 is 0. The molecular formula is C10H20N2O3. The fourth-order valence-corrected chi connectivity index (χ4v) is 1.71. The van der Waals surface area contributed by atoms with Crippen LogP contribution in [0.1, 0.15) is 27.2 Å². The average Bonchev–Trinajstić information content (AvgIpc) is 2.16. The molecule has 0 radical (unpaired) electrons. The number of rotatable bonds is 5. The highest BCUT2D eigenvalue weighted by atomic mass is 16.7. The topological polar surface area (TPSA) is 59.6 Å². The number of carbonyl (C=O) groups excluding carboxylic acids is 1. The third kappa shape index (κ3) is 3.77. The van der Waals surface area contributed by atoms with Crippen LogP contribution in [0.2, 0.25) is 0 Å². The van der Waals surface area contributed by atoms with E-state index in [1.165, 1.54) is 0 Å². The van der Waals surface area contributed by atoms with E-state index in [2.05, 4.69) is 10.6 Å². The van der Waals surface area contributed by atoms with Gasteiger partial charge in [0.2, 0.25) is 5.91 Å². The number of amides is 1. The molecule has 1 amide bonds. The highest BCUT2D eigenvalue weighted by molar-refractivity contribution is 5.77. The first-order valence-electron chi connectivity index (χ1n) is 5.46. The second-order valence-electron chi connectivity index (χ2n) is 3.55. The van der Waals surface area contributed by atoms with Crippen molar-refractivity contribution in [2.24, 2.45) is 0 Å². The quantitative estimate of drug-likeness (QED) is 0.645. The van der Waals surface area contributed by atoms with E-state index in [1.54, 1.807) is 0 Å². The molecule has 1 saturated heterocycles. The van der Waals surface area contributed by atoms with Gasteiger partial charge in [-0.3, -0.25) is 10.1 Å². The molecule has 88 valence electrons. The highest BCUT2D eigenvalue weighted by Crippen LogP contribution is 2.10. The fraction of sp³-hybridized carbons (Fsp3) is 0.900. The normalized spacial score (nSPS) is 26.8. The van der Waals surface area contributed by atoms with Gasteiger partial charge in [0.1, 0.15) is 0 Å². The monoisotopic (exact) mass is 216 g/mol. The Morgan fingerprint density at radius 1 is 1.40 bits per heavy atom. The SMILES string of the molecule is CCOC(OCC)C1CC(=O)NC(C)N1. The number of carbonyl (C=O) groups is 1. The van der Waals surface area contributed by atoms with E-state index in [9.17, 15) is 4.79 Å². The number of ether oxygens (including phenoxy) is 2. The fourth-order valence-electron chi connectivity index (χ4n) is 1.71. The molecule has 2 unspecified atom stereocenters. The lowest BCUT2D eigenvalue weighted by Gasteiger charge is -2.34. The van der Waals surface area contributed by atoms with Crippen LogP contribution in [-0.2, 0) is 14.3 Å². The second kappa shape index (κ2) is 6.05. The van der Waals surface area contributed by atoms with Gasteiger partial charge in [-0.15, -0.1) is 0 Å². The molecule has 1 rings (SSSR count). The Hall–Kier alpha value is -0.650. The third-order valence-electron chi connectivity index (χ3n) is 2.24. The van der Waals surface area contributed by atoms with Crippen molar-refractivity contribution in [1.82, 2.24) is 10.6 Å². The molecule has 5 heteroatoms. The van der Waals surface area contributed by atoms with Crippen molar-refractivity contribution in [2.45, 2.75) is 45.7 Å². The van der Waals surface area contributed by atoms with Gasteiger partial charge >= 0.3 is 0 Å². The van der Waals surface area contributed by atoms with Gasteiger partial charge in [0.05, 0.1) is 12.2 Å². The molecule has 1 heterocycles. The zero-order chi connectivity index (χ0) is 11.3. The van der Waals surface area contributed by atoms with Crippen molar-refractivity contribution in [3.05, 3.63) is 0 Å². The van der Waals surface area contributed by atoms with Crippen molar-refractivity contribution in [3.8, 4) is 0 Å². The lowest BCUT2D eigenvalue weighted by atomic mass is 10.1. The smallest absolute Gasteiger partial charge is 0.222 e. The summed E-state index contributed by atoms with van der Waals surface area (Å²) in [5, 5.41) is 6.02.